The molecule has 1 aliphatic heterocycles. The number of nitrogens with one attached hydrogen (secondary N) is 2. The van der Waals surface area contributed by atoms with Crippen molar-refractivity contribution in [3.05, 3.63) is 35.4 Å². The van der Waals surface area contributed by atoms with Crippen LogP contribution in [0.2, 0.25) is 0 Å². The number of fused-ring (bicyclic) bond motifs is 1. The maximum atomic E-state index is 10.6. The molecular formula is C11H15N3O. The average molecular weight is 205 g/mol. The molecule has 4 N–H and O–H groups in total. The predicted molar refractivity (Wildman–Crippen MR) is 58.5 cm³/mol. The second-order valence-electron chi connectivity index (χ2n) is 3.70. The van der Waals surface area contributed by atoms with Gasteiger partial charge in [-0.2, -0.15) is 0 Å². The number of hydrogen-bond acceptors (Lipinski definition) is 2. The second kappa shape index (κ2) is 4.31. The van der Waals surface area contributed by atoms with Crippen molar-refractivity contribution in [3.63, 3.8) is 0 Å². The lowest BCUT2D eigenvalue weighted by atomic mass is 9.94. The molecule has 80 valence electrons. The third-order valence-corrected chi connectivity index (χ3v) is 2.70. The Morgan fingerprint density at radius 2 is 2.33 bits per heavy atom. The van der Waals surface area contributed by atoms with Crippen molar-refractivity contribution in [2.45, 2.75) is 12.5 Å². The molecule has 1 atom stereocenters. The highest BCUT2D eigenvalue weighted by atomic mass is 16.2. The van der Waals surface area contributed by atoms with Gasteiger partial charge in [0, 0.05) is 12.6 Å². The molecule has 0 saturated carbocycles. The van der Waals surface area contributed by atoms with E-state index >= 15 is 0 Å². The molecule has 4 heteroatoms. The van der Waals surface area contributed by atoms with Gasteiger partial charge < -0.3 is 16.4 Å². The van der Waals surface area contributed by atoms with E-state index in [4.69, 9.17) is 5.73 Å². The van der Waals surface area contributed by atoms with Gasteiger partial charge >= 0.3 is 6.03 Å². The van der Waals surface area contributed by atoms with E-state index in [1.54, 1.807) is 0 Å². The Morgan fingerprint density at radius 1 is 1.53 bits per heavy atom. The summed E-state index contributed by atoms with van der Waals surface area (Å²) in [5, 5.41) is 5.99. The Hall–Kier alpha value is -1.55. The Balaban J connectivity index is 2.11. The number of hydrogen-bond donors (Lipinski definition) is 3. The van der Waals surface area contributed by atoms with E-state index in [0.29, 0.717) is 6.54 Å². The van der Waals surface area contributed by atoms with Gasteiger partial charge in [0.2, 0.25) is 0 Å². The first-order valence-electron chi connectivity index (χ1n) is 5.12. The third kappa shape index (κ3) is 2.27. The molecule has 15 heavy (non-hydrogen) atoms. The zero-order chi connectivity index (χ0) is 10.7. The Kier molecular flexibility index (Phi) is 2.87. The van der Waals surface area contributed by atoms with Crippen LogP contribution in [-0.4, -0.2) is 19.1 Å². The van der Waals surface area contributed by atoms with Crippen LogP contribution in [-0.2, 0) is 6.42 Å². The predicted octanol–water partition coefficient (Wildman–Crippen LogP) is 0.542. The first-order valence-corrected chi connectivity index (χ1v) is 5.12. The summed E-state index contributed by atoms with van der Waals surface area (Å²) >= 11 is 0. The van der Waals surface area contributed by atoms with Crippen LogP contribution in [0.1, 0.15) is 17.2 Å². The van der Waals surface area contributed by atoms with E-state index in [1.165, 1.54) is 11.1 Å². The van der Waals surface area contributed by atoms with Gasteiger partial charge in [0.25, 0.3) is 0 Å². The van der Waals surface area contributed by atoms with Crippen LogP contribution >= 0.6 is 0 Å². The van der Waals surface area contributed by atoms with Gasteiger partial charge in [-0.15, -0.1) is 0 Å². The number of amides is 2. The molecule has 0 spiro atoms. The van der Waals surface area contributed by atoms with Crippen molar-refractivity contribution in [2.24, 2.45) is 5.73 Å². The third-order valence-electron chi connectivity index (χ3n) is 2.70. The zero-order valence-electron chi connectivity index (χ0n) is 8.49. The maximum absolute atomic E-state index is 10.6. The molecule has 0 fully saturated rings. The van der Waals surface area contributed by atoms with Gasteiger partial charge in [-0.3, -0.25) is 0 Å². The highest BCUT2D eigenvalue weighted by Gasteiger charge is 2.18. The number of urea groups is 1. The molecular weight excluding hydrogens is 190 g/mol. The van der Waals surface area contributed by atoms with Gasteiger partial charge in [0.15, 0.2) is 0 Å². The largest absolute Gasteiger partial charge is 0.352 e. The summed E-state index contributed by atoms with van der Waals surface area (Å²) in [4.78, 5) is 10.6. The fraction of sp³-hybridized carbons (Fsp3) is 0.364. The second-order valence-corrected chi connectivity index (χ2v) is 3.70. The first-order chi connectivity index (χ1) is 7.27. The molecule has 0 saturated heterocycles. The molecule has 0 unspecified atom stereocenters. The Labute approximate surface area is 88.9 Å². The van der Waals surface area contributed by atoms with Crippen LogP contribution in [0.25, 0.3) is 0 Å². The maximum Gasteiger partial charge on any atom is 0.312 e. The standard InChI is InChI=1S/C11H15N3O/c12-11(15)14-7-10-9-4-2-1-3-8(9)5-6-13-10/h1-4,10,13H,5-7H2,(H3,12,14,15)/t10-/m1/s1. The summed E-state index contributed by atoms with van der Waals surface area (Å²) in [7, 11) is 0. The SMILES string of the molecule is NC(=O)NC[C@H]1NCCc2ccccc21. The van der Waals surface area contributed by atoms with E-state index < -0.39 is 6.03 Å². The van der Waals surface area contributed by atoms with E-state index in [-0.39, 0.29) is 6.04 Å². The monoisotopic (exact) mass is 205 g/mol. The molecule has 1 aromatic rings. The van der Waals surface area contributed by atoms with Crippen LogP contribution in [0.4, 0.5) is 4.79 Å². The van der Waals surface area contributed by atoms with Crippen molar-refractivity contribution in [3.8, 4) is 0 Å². The van der Waals surface area contributed by atoms with Crippen molar-refractivity contribution in [2.75, 3.05) is 13.1 Å². The highest BCUT2D eigenvalue weighted by Crippen LogP contribution is 2.21. The summed E-state index contributed by atoms with van der Waals surface area (Å²) in [5.74, 6) is 0. The van der Waals surface area contributed by atoms with Crippen LogP contribution in [0.15, 0.2) is 24.3 Å². The molecule has 1 aromatic carbocycles. The van der Waals surface area contributed by atoms with Crippen LogP contribution in [0.3, 0.4) is 0 Å². The molecule has 1 aliphatic rings. The summed E-state index contributed by atoms with van der Waals surface area (Å²) in [6, 6.07) is 8.00. The summed E-state index contributed by atoms with van der Waals surface area (Å²) in [6.45, 7) is 1.49. The Bertz CT molecular complexity index is 365. The molecule has 4 nitrogen and oxygen atoms in total. The molecule has 1 heterocycles. The Morgan fingerprint density at radius 3 is 3.13 bits per heavy atom. The van der Waals surface area contributed by atoms with Crippen LogP contribution in [0, 0.1) is 0 Å². The molecule has 2 rings (SSSR count). The van der Waals surface area contributed by atoms with E-state index in [1.807, 2.05) is 12.1 Å². The normalized spacial score (nSPS) is 19.3. The van der Waals surface area contributed by atoms with Crippen LogP contribution < -0.4 is 16.4 Å². The topological polar surface area (TPSA) is 67.2 Å². The van der Waals surface area contributed by atoms with Crippen molar-refractivity contribution in [1.29, 1.82) is 0 Å². The van der Waals surface area contributed by atoms with E-state index in [0.717, 1.165) is 13.0 Å². The highest BCUT2D eigenvalue weighted by molar-refractivity contribution is 5.71. The minimum atomic E-state index is -0.472. The number of carbonyl (C=O) groups is 1. The molecule has 0 aliphatic carbocycles. The fourth-order valence-electron chi connectivity index (χ4n) is 1.98. The molecule has 2 amide bonds. The lowest BCUT2D eigenvalue weighted by molar-refractivity contribution is 0.247. The summed E-state index contributed by atoms with van der Waals surface area (Å²) in [6.07, 6.45) is 1.04. The molecule has 0 aromatic heterocycles. The number of carbonyl (C=O) groups excluding carboxylic acids is 1. The van der Waals surface area contributed by atoms with Crippen molar-refractivity contribution >= 4 is 6.03 Å². The average Bonchev–Trinajstić information content (AvgIpc) is 2.26. The molecule has 0 radical (unpaired) electrons. The lowest BCUT2D eigenvalue weighted by Gasteiger charge is -2.26. The number of rotatable bonds is 2. The van der Waals surface area contributed by atoms with Gasteiger partial charge in [0.05, 0.1) is 0 Å². The summed E-state index contributed by atoms with van der Waals surface area (Å²) in [5.41, 5.74) is 7.67. The van der Waals surface area contributed by atoms with Gasteiger partial charge in [-0.1, -0.05) is 24.3 Å². The van der Waals surface area contributed by atoms with Crippen molar-refractivity contribution < 1.29 is 4.79 Å². The smallest absolute Gasteiger partial charge is 0.312 e. The number of benzene rings is 1. The lowest BCUT2D eigenvalue weighted by Crippen LogP contribution is -2.40. The van der Waals surface area contributed by atoms with E-state index in [9.17, 15) is 4.79 Å². The van der Waals surface area contributed by atoms with Gasteiger partial charge in [-0.25, -0.2) is 4.79 Å². The minimum Gasteiger partial charge on any atom is -0.352 e. The summed E-state index contributed by atoms with van der Waals surface area (Å²) < 4.78 is 0. The number of primary amides is 1. The number of nitrogens with two attached hydrogens (primary N) is 1. The van der Waals surface area contributed by atoms with Gasteiger partial charge in [-0.05, 0) is 24.1 Å². The quantitative estimate of drug-likeness (QED) is 0.659. The van der Waals surface area contributed by atoms with E-state index in [2.05, 4.69) is 22.8 Å². The van der Waals surface area contributed by atoms with Crippen LogP contribution in [0.5, 0.6) is 0 Å². The van der Waals surface area contributed by atoms with Gasteiger partial charge in [0.1, 0.15) is 0 Å². The van der Waals surface area contributed by atoms with Crippen molar-refractivity contribution in [1.82, 2.24) is 10.6 Å². The minimum absolute atomic E-state index is 0.183. The molecule has 0 bridgehead atoms. The first kappa shape index (κ1) is 9.98. The zero-order valence-corrected chi connectivity index (χ0v) is 8.49. The fourth-order valence-corrected chi connectivity index (χ4v) is 1.98.